The van der Waals surface area contributed by atoms with Gasteiger partial charge in [0.05, 0.1) is 11.4 Å². The Bertz CT molecular complexity index is 911. The minimum Gasteiger partial charge on any atom is -0.365 e. The van der Waals surface area contributed by atoms with E-state index in [2.05, 4.69) is 0 Å². The molecule has 0 spiro atoms. The van der Waals surface area contributed by atoms with Gasteiger partial charge in [0.2, 0.25) is 0 Å². The molecular formula is C20H23N3O2. The van der Waals surface area contributed by atoms with Crippen LogP contribution in [0.3, 0.4) is 0 Å². The molecule has 0 bridgehead atoms. The fraction of sp³-hybridized carbons (Fsp3) is 0.300. The number of rotatable bonds is 4. The second kappa shape index (κ2) is 6.69. The molecule has 1 atom stereocenters. The van der Waals surface area contributed by atoms with Gasteiger partial charge in [-0.2, -0.15) is 0 Å². The molecule has 130 valence electrons. The van der Waals surface area contributed by atoms with Crippen LogP contribution in [0, 0.1) is 13.8 Å². The van der Waals surface area contributed by atoms with Crippen LogP contribution >= 0.6 is 0 Å². The first kappa shape index (κ1) is 17.2. The summed E-state index contributed by atoms with van der Waals surface area (Å²) in [5, 5.41) is 0. The van der Waals surface area contributed by atoms with Crippen LogP contribution in [0.5, 0.6) is 0 Å². The van der Waals surface area contributed by atoms with Crippen LogP contribution in [-0.2, 0) is 9.53 Å². The predicted molar refractivity (Wildman–Crippen MR) is 98.5 cm³/mol. The number of benzene rings is 1. The van der Waals surface area contributed by atoms with Gasteiger partial charge in [0.15, 0.2) is 6.10 Å². The summed E-state index contributed by atoms with van der Waals surface area (Å²) in [4.78, 5) is 19.0. The first-order chi connectivity index (χ1) is 11.9. The third kappa shape index (κ3) is 3.15. The molecule has 3 aromatic rings. The zero-order valence-corrected chi connectivity index (χ0v) is 15.3. The highest BCUT2D eigenvalue weighted by Crippen LogP contribution is 2.32. The van der Waals surface area contributed by atoms with Crippen molar-refractivity contribution in [3.63, 3.8) is 0 Å². The average Bonchev–Trinajstić information content (AvgIpc) is 2.95. The summed E-state index contributed by atoms with van der Waals surface area (Å²) in [7, 11) is 5.02. The van der Waals surface area contributed by atoms with Gasteiger partial charge in [0.1, 0.15) is 5.65 Å². The molecule has 1 unspecified atom stereocenters. The molecule has 5 heteroatoms. The third-order valence-electron chi connectivity index (χ3n) is 4.28. The molecule has 0 saturated heterocycles. The maximum atomic E-state index is 12.7. The zero-order chi connectivity index (χ0) is 18.1. The van der Waals surface area contributed by atoms with Gasteiger partial charge in [0, 0.05) is 33.0 Å². The maximum absolute atomic E-state index is 12.7. The van der Waals surface area contributed by atoms with E-state index in [0.717, 1.165) is 28.2 Å². The molecule has 0 radical (unpaired) electrons. The number of hydrogen-bond donors (Lipinski definition) is 0. The summed E-state index contributed by atoms with van der Waals surface area (Å²) in [5.74, 6) is -0.112. The number of carbonyl (C=O) groups is 1. The lowest BCUT2D eigenvalue weighted by atomic mass is 10.0. The van der Waals surface area contributed by atoms with E-state index in [0.29, 0.717) is 0 Å². The number of amides is 1. The van der Waals surface area contributed by atoms with Crippen LogP contribution < -0.4 is 0 Å². The van der Waals surface area contributed by atoms with Gasteiger partial charge in [-0.15, -0.1) is 0 Å². The van der Waals surface area contributed by atoms with Crippen molar-refractivity contribution in [3.8, 4) is 11.3 Å². The number of imidazole rings is 1. The molecule has 1 aromatic carbocycles. The van der Waals surface area contributed by atoms with E-state index in [1.165, 1.54) is 5.56 Å². The fourth-order valence-electron chi connectivity index (χ4n) is 2.91. The minimum absolute atomic E-state index is 0.112. The van der Waals surface area contributed by atoms with Gasteiger partial charge in [-0.05, 0) is 25.5 Å². The Hall–Kier alpha value is -2.66. The maximum Gasteiger partial charge on any atom is 0.257 e. The van der Waals surface area contributed by atoms with E-state index in [-0.39, 0.29) is 5.91 Å². The van der Waals surface area contributed by atoms with Crippen LogP contribution in [0.15, 0.2) is 42.6 Å². The van der Waals surface area contributed by atoms with Crippen molar-refractivity contribution >= 4 is 11.6 Å². The standard InChI is InChI=1S/C20H23N3O2/c1-13-6-9-15(10-7-13)17-18(19(25-5)20(24)22(3)4)23-12-14(2)8-11-16(23)21-17/h6-12,19H,1-5H3. The lowest BCUT2D eigenvalue weighted by Gasteiger charge is -2.20. The van der Waals surface area contributed by atoms with Gasteiger partial charge < -0.3 is 9.64 Å². The molecule has 1 amide bonds. The molecule has 0 aliphatic carbocycles. The lowest BCUT2D eigenvalue weighted by molar-refractivity contribution is -0.139. The van der Waals surface area contributed by atoms with Gasteiger partial charge in [-0.1, -0.05) is 35.9 Å². The number of nitrogens with zero attached hydrogens (tertiary/aromatic N) is 3. The second-order valence-corrected chi connectivity index (χ2v) is 6.49. The molecule has 0 saturated carbocycles. The zero-order valence-electron chi connectivity index (χ0n) is 15.3. The van der Waals surface area contributed by atoms with Crippen molar-refractivity contribution in [3.05, 3.63) is 59.4 Å². The van der Waals surface area contributed by atoms with Crippen LogP contribution in [0.2, 0.25) is 0 Å². The van der Waals surface area contributed by atoms with E-state index < -0.39 is 6.10 Å². The molecular weight excluding hydrogens is 314 g/mol. The number of likely N-dealkylation sites (N-methyl/N-ethyl adjacent to an activating group) is 1. The topological polar surface area (TPSA) is 46.8 Å². The summed E-state index contributed by atoms with van der Waals surface area (Å²) in [6, 6.07) is 12.1. The van der Waals surface area contributed by atoms with Crippen LogP contribution in [0.1, 0.15) is 22.9 Å². The van der Waals surface area contributed by atoms with E-state index in [1.807, 2.05) is 60.8 Å². The molecule has 0 N–H and O–H groups in total. The van der Waals surface area contributed by atoms with E-state index in [9.17, 15) is 4.79 Å². The smallest absolute Gasteiger partial charge is 0.257 e. The van der Waals surface area contributed by atoms with Crippen molar-refractivity contribution in [2.24, 2.45) is 0 Å². The summed E-state index contributed by atoms with van der Waals surface area (Å²) in [5.41, 5.74) is 5.56. The van der Waals surface area contributed by atoms with Crippen molar-refractivity contribution in [1.82, 2.24) is 14.3 Å². The molecule has 25 heavy (non-hydrogen) atoms. The summed E-state index contributed by atoms with van der Waals surface area (Å²) in [6.45, 7) is 4.07. The largest absolute Gasteiger partial charge is 0.365 e. The third-order valence-corrected chi connectivity index (χ3v) is 4.28. The van der Waals surface area contributed by atoms with Crippen LogP contribution in [0.4, 0.5) is 0 Å². The number of ether oxygens (including phenoxy) is 1. The van der Waals surface area contributed by atoms with Crippen LogP contribution in [0.25, 0.3) is 16.9 Å². The Kier molecular flexibility index (Phi) is 4.59. The SMILES string of the molecule is COC(C(=O)N(C)C)c1c(-c2ccc(C)cc2)nc2ccc(C)cn12. The van der Waals surface area contributed by atoms with Crippen molar-refractivity contribution in [2.75, 3.05) is 21.2 Å². The lowest BCUT2D eigenvalue weighted by Crippen LogP contribution is -2.30. The Morgan fingerprint density at radius 1 is 1.08 bits per heavy atom. The van der Waals surface area contributed by atoms with E-state index in [4.69, 9.17) is 9.72 Å². The molecule has 0 aliphatic heterocycles. The molecule has 3 rings (SSSR count). The highest BCUT2D eigenvalue weighted by Gasteiger charge is 2.29. The van der Waals surface area contributed by atoms with Crippen LogP contribution in [-0.4, -0.2) is 41.4 Å². The molecule has 0 aliphatic rings. The monoisotopic (exact) mass is 337 g/mol. The Morgan fingerprint density at radius 3 is 2.32 bits per heavy atom. The fourth-order valence-corrected chi connectivity index (χ4v) is 2.91. The Morgan fingerprint density at radius 2 is 1.72 bits per heavy atom. The highest BCUT2D eigenvalue weighted by molar-refractivity contribution is 5.84. The molecule has 0 fully saturated rings. The summed E-state index contributed by atoms with van der Waals surface area (Å²) in [6.07, 6.45) is 1.27. The minimum atomic E-state index is -0.719. The van der Waals surface area contributed by atoms with E-state index in [1.54, 1.807) is 26.1 Å². The Labute approximate surface area is 147 Å². The van der Waals surface area contributed by atoms with Crippen molar-refractivity contribution in [2.45, 2.75) is 20.0 Å². The number of aromatic nitrogens is 2. The quantitative estimate of drug-likeness (QED) is 0.733. The van der Waals surface area contributed by atoms with E-state index >= 15 is 0 Å². The van der Waals surface area contributed by atoms with Gasteiger partial charge in [-0.3, -0.25) is 9.20 Å². The van der Waals surface area contributed by atoms with Crippen molar-refractivity contribution in [1.29, 1.82) is 0 Å². The highest BCUT2D eigenvalue weighted by atomic mass is 16.5. The first-order valence-electron chi connectivity index (χ1n) is 8.22. The summed E-state index contributed by atoms with van der Waals surface area (Å²) < 4.78 is 7.56. The number of hydrogen-bond acceptors (Lipinski definition) is 3. The number of carbonyl (C=O) groups excluding carboxylic acids is 1. The number of fused-ring (bicyclic) bond motifs is 1. The molecule has 2 aromatic heterocycles. The summed E-state index contributed by atoms with van der Waals surface area (Å²) >= 11 is 0. The first-order valence-corrected chi connectivity index (χ1v) is 8.22. The number of aryl methyl sites for hydroxylation is 2. The normalized spacial score (nSPS) is 12.4. The Balaban J connectivity index is 2.29. The van der Waals surface area contributed by atoms with Crippen molar-refractivity contribution < 1.29 is 9.53 Å². The predicted octanol–water partition coefficient (Wildman–Crippen LogP) is 3.39. The average molecular weight is 337 g/mol. The van der Waals surface area contributed by atoms with Gasteiger partial charge in [-0.25, -0.2) is 4.98 Å². The second-order valence-electron chi connectivity index (χ2n) is 6.49. The molecule has 5 nitrogen and oxygen atoms in total. The van der Waals surface area contributed by atoms with Gasteiger partial charge >= 0.3 is 0 Å². The van der Waals surface area contributed by atoms with Gasteiger partial charge in [0.25, 0.3) is 5.91 Å². The number of pyridine rings is 1. The number of methoxy groups -OCH3 is 1. The molecule has 2 heterocycles.